The van der Waals surface area contributed by atoms with Crippen LogP contribution in [-0.4, -0.2) is 17.5 Å². The maximum atomic E-state index is 14.0. The standard InChI is InChI=1S/C13H24F4N2/c1-3-5-7-9-11(14,15)13(18-19-13)12(16,17)10-8-6-4-2/h18-19H,3-10H2,1-2H3. The van der Waals surface area contributed by atoms with Gasteiger partial charge in [-0.3, -0.25) is 0 Å². The first-order valence-electron chi connectivity index (χ1n) is 7.13. The third kappa shape index (κ3) is 3.60. The van der Waals surface area contributed by atoms with E-state index in [-0.39, 0.29) is 12.8 Å². The van der Waals surface area contributed by atoms with Crippen molar-refractivity contribution in [1.29, 1.82) is 0 Å². The largest absolute Gasteiger partial charge is 0.287 e. The quantitative estimate of drug-likeness (QED) is 0.358. The van der Waals surface area contributed by atoms with Crippen LogP contribution < -0.4 is 10.9 Å². The van der Waals surface area contributed by atoms with Crippen LogP contribution in [0, 0.1) is 0 Å². The van der Waals surface area contributed by atoms with Crippen LogP contribution >= 0.6 is 0 Å². The summed E-state index contributed by atoms with van der Waals surface area (Å²) in [5, 5.41) is 0. The van der Waals surface area contributed by atoms with Gasteiger partial charge in [-0.15, -0.1) is 0 Å². The van der Waals surface area contributed by atoms with Gasteiger partial charge in [-0.25, -0.2) is 28.4 Å². The van der Waals surface area contributed by atoms with E-state index in [9.17, 15) is 17.6 Å². The molecule has 1 rings (SSSR count). The van der Waals surface area contributed by atoms with E-state index in [1.807, 2.05) is 24.7 Å². The van der Waals surface area contributed by atoms with Crippen LogP contribution in [0.4, 0.5) is 17.6 Å². The lowest BCUT2D eigenvalue weighted by molar-refractivity contribution is -0.162. The number of hydrogen-bond acceptors (Lipinski definition) is 2. The average Bonchev–Trinajstić information content (AvgIpc) is 3.11. The second kappa shape index (κ2) is 6.39. The van der Waals surface area contributed by atoms with E-state index < -0.39 is 30.3 Å². The Morgan fingerprint density at radius 2 is 1.11 bits per heavy atom. The van der Waals surface area contributed by atoms with Crippen LogP contribution in [0.15, 0.2) is 0 Å². The van der Waals surface area contributed by atoms with Crippen molar-refractivity contribution in [2.75, 3.05) is 0 Å². The molecule has 0 spiro atoms. The fourth-order valence-corrected chi connectivity index (χ4v) is 2.26. The zero-order valence-electron chi connectivity index (χ0n) is 11.7. The molecule has 19 heavy (non-hydrogen) atoms. The van der Waals surface area contributed by atoms with Crippen LogP contribution in [0.5, 0.6) is 0 Å². The molecule has 0 saturated carbocycles. The van der Waals surface area contributed by atoms with Crippen LogP contribution in [0.25, 0.3) is 0 Å². The molecule has 0 aromatic heterocycles. The summed E-state index contributed by atoms with van der Waals surface area (Å²) in [6, 6.07) is 0. The minimum atomic E-state index is -3.43. The molecule has 1 heterocycles. The smallest absolute Gasteiger partial charge is 0.224 e. The van der Waals surface area contributed by atoms with Gasteiger partial charge < -0.3 is 0 Å². The van der Waals surface area contributed by atoms with Gasteiger partial charge >= 0.3 is 0 Å². The molecule has 2 nitrogen and oxygen atoms in total. The lowest BCUT2D eigenvalue weighted by atomic mass is 9.91. The Bertz CT molecular complexity index is 254. The van der Waals surface area contributed by atoms with Gasteiger partial charge in [0, 0.05) is 12.8 Å². The van der Waals surface area contributed by atoms with Gasteiger partial charge in [-0.1, -0.05) is 39.5 Å². The van der Waals surface area contributed by atoms with Gasteiger partial charge in [0.15, 0.2) is 0 Å². The number of hydrazine groups is 1. The van der Waals surface area contributed by atoms with Crippen molar-refractivity contribution in [3.8, 4) is 0 Å². The van der Waals surface area contributed by atoms with E-state index in [4.69, 9.17) is 0 Å². The molecule has 0 unspecified atom stereocenters. The van der Waals surface area contributed by atoms with Crippen molar-refractivity contribution in [2.45, 2.75) is 82.7 Å². The highest BCUT2D eigenvalue weighted by molar-refractivity contribution is 5.14. The molecule has 0 atom stereocenters. The van der Waals surface area contributed by atoms with Crippen molar-refractivity contribution in [2.24, 2.45) is 0 Å². The molecule has 2 N–H and O–H groups in total. The summed E-state index contributed by atoms with van der Waals surface area (Å²) in [6.45, 7) is 3.78. The number of unbranched alkanes of at least 4 members (excludes halogenated alkanes) is 4. The van der Waals surface area contributed by atoms with E-state index in [0.29, 0.717) is 12.8 Å². The van der Waals surface area contributed by atoms with Gasteiger partial charge in [0.25, 0.3) is 11.8 Å². The second-order valence-electron chi connectivity index (χ2n) is 5.32. The van der Waals surface area contributed by atoms with Crippen LogP contribution in [0.1, 0.15) is 65.2 Å². The summed E-state index contributed by atoms with van der Waals surface area (Å²) >= 11 is 0. The van der Waals surface area contributed by atoms with Crippen molar-refractivity contribution in [3.63, 3.8) is 0 Å². The summed E-state index contributed by atoms with van der Waals surface area (Å²) in [7, 11) is 0. The molecular weight excluding hydrogens is 260 g/mol. The first kappa shape index (κ1) is 16.7. The number of alkyl halides is 4. The molecule has 0 bridgehead atoms. The summed E-state index contributed by atoms with van der Waals surface area (Å²) in [5.41, 5.74) is 1.54. The number of rotatable bonds is 10. The Kier molecular flexibility index (Phi) is 5.62. The van der Waals surface area contributed by atoms with Crippen molar-refractivity contribution < 1.29 is 17.6 Å². The highest BCUT2D eigenvalue weighted by Gasteiger charge is 2.74. The van der Waals surface area contributed by atoms with Gasteiger partial charge in [0.2, 0.25) is 5.66 Å². The maximum Gasteiger partial charge on any atom is 0.287 e. The Hall–Kier alpha value is -0.360. The molecule has 0 aromatic rings. The predicted molar refractivity (Wildman–Crippen MR) is 67.2 cm³/mol. The minimum absolute atomic E-state index is 0.264. The van der Waals surface area contributed by atoms with Crippen molar-refractivity contribution in [1.82, 2.24) is 10.9 Å². The minimum Gasteiger partial charge on any atom is -0.224 e. The van der Waals surface area contributed by atoms with E-state index in [1.165, 1.54) is 0 Å². The molecule has 1 aliphatic rings. The van der Waals surface area contributed by atoms with Gasteiger partial charge in [-0.05, 0) is 12.8 Å². The highest BCUT2D eigenvalue weighted by atomic mass is 19.3. The molecule has 0 amide bonds. The molecular formula is C13H24F4N2. The molecule has 114 valence electrons. The number of nitrogens with one attached hydrogen (secondary N) is 2. The highest BCUT2D eigenvalue weighted by Crippen LogP contribution is 2.48. The van der Waals surface area contributed by atoms with Gasteiger partial charge in [0.1, 0.15) is 0 Å². The molecule has 0 aliphatic carbocycles. The SMILES string of the molecule is CCCCCC(F)(F)C1(C(F)(F)CCCCC)NN1. The van der Waals surface area contributed by atoms with E-state index in [2.05, 4.69) is 0 Å². The Labute approximate surface area is 112 Å². The molecule has 1 aliphatic heterocycles. The number of hydrogen-bond donors (Lipinski definition) is 2. The Morgan fingerprint density at radius 3 is 1.37 bits per heavy atom. The zero-order chi connectivity index (χ0) is 14.6. The molecule has 6 heteroatoms. The molecule has 1 saturated heterocycles. The monoisotopic (exact) mass is 284 g/mol. The van der Waals surface area contributed by atoms with Crippen molar-refractivity contribution >= 4 is 0 Å². The lowest BCUT2D eigenvalue weighted by Crippen LogP contribution is -2.55. The second-order valence-corrected chi connectivity index (χ2v) is 5.32. The lowest BCUT2D eigenvalue weighted by Gasteiger charge is -2.31. The topological polar surface area (TPSA) is 43.9 Å². The third-order valence-electron chi connectivity index (χ3n) is 3.66. The maximum absolute atomic E-state index is 14.0. The van der Waals surface area contributed by atoms with Crippen molar-refractivity contribution in [3.05, 3.63) is 0 Å². The Balaban J connectivity index is 2.62. The average molecular weight is 284 g/mol. The third-order valence-corrected chi connectivity index (χ3v) is 3.66. The predicted octanol–water partition coefficient (Wildman–Crippen LogP) is 4.22. The van der Waals surface area contributed by atoms with Crippen LogP contribution in [0.2, 0.25) is 0 Å². The van der Waals surface area contributed by atoms with E-state index in [1.54, 1.807) is 0 Å². The molecule has 0 aromatic carbocycles. The normalized spacial score (nSPS) is 18.6. The van der Waals surface area contributed by atoms with Crippen LogP contribution in [0.3, 0.4) is 0 Å². The fourth-order valence-electron chi connectivity index (χ4n) is 2.26. The zero-order valence-corrected chi connectivity index (χ0v) is 11.7. The first-order valence-corrected chi connectivity index (χ1v) is 7.13. The molecule has 1 fully saturated rings. The fraction of sp³-hybridized carbons (Fsp3) is 1.00. The van der Waals surface area contributed by atoms with E-state index in [0.717, 1.165) is 12.8 Å². The number of halogens is 4. The molecule has 0 radical (unpaired) electrons. The van der Waals surface area contributed by atoms with Gasteiger partial charge in [-0.2, -0.15) is 0 Å². The Morgan fingerprint density at radius 1 is 0.737 bits per heavy atom. The first-order chi connectivity index (χ1) is 8.83. The summed E-state index contributed by atoms with van der Waals surface area (Å²) in [4.78, 5) is 0. The summed E-state index contributed by atoms with van der Waals surface area (Å²) in [5.74, 6) is -6.87. The van der Waals surface area contributed by atoms with E-state index >= 15 is 0 Å². The van der Waals surface area contributed by atoms with Crippen LogP contribution in [-0.2, 0) is 0 Å². The summed E-state index contributed by atoms with van der Waals surface area (Å²) < 4.78 is 55.9. The van der Waals surface area contributed by atoms with Gasteiger partial charge in [0.05, 0.1) is 0 Å². The summed E-state index contributed by atoms with van der Waals surface area (Å²) in [6.07, 6.45) is 2.35.